The molecule has 0 unspecified atom stereocenters. The van der Waals surface area contributed by atoms with Crippen LogP contribution < -0.4 is 4.34 Å². The molecule has 72 valence electrons. The molecule has 1 aromatic rings. The largest absolute Gasteiger partial charge is 0.317 e. The van der Waals surface area contributed by atoms with Gasteiger partial charge < -0.3 is 4.34 Å². The van der Waals surface area contributed by atoms with E-state index in [0.717, 1.165) is 0 Å². The molecule has 0 spiro atoms. The molecule has 0 aliphatic carbocycles. The van der Waals surface area contributed by atoms with Gasteiger partial charge in [-0.1, -0.05) is 0 Å². The Labute approximate surface area is 77.9 Å². The minimum Gasteiger partial charge on any atom is -0.317 e. The van der Waals surface area contributed by atoms with Gasteiger partial charge in [0.15, 0.2) is 23.3 Å². The first-order valence-corrected chi connectivity index (χ1v) is 3.68. The number of nitrogens with one attached hydrogen (secondary N) is 1. The van der Waals surface area contributed by atoms with Crippen LogP contribution in [0.3, 0.4) is 0 Å². The van der Waals surface area contributed by atoms with E-state index in [1.54, 1.807) is 4.34 Å². The average molecular weight is 262 g/mol. The normalized spacial score (nSPS) is 10.3. The SMILES string of the molecule is Fc1c(F)c(F)c(NBr)c(F)c1F. The first-order chi connectivity index (χ1) is 6.00. The standard InChI is InChI=1S/C6HBrF5N/c7-13-6-4(11)2(9)1(8)3(10)5(6)12/h13H. The molecule has 13 heavy (non-hydrogen) atoms. The van der Waals surface area contributed by atoms with Crippen LogP contribution in [-0.4, -0.2) is 0 Å². The predicted octanol–water partition coefficient (Wildman–Crippen LogP) is 3.10. The first-order valence-electron chi connectivity index (χ1n) is 2.88. The van der Waals surface area contributed by atoms with Crippen LogP contribution >= 0.6 is 16.1 Å². The number of benzene rings is 1. The maximum atomic E-state index is 12.6. The minimum absolute atomic E-state index is 1.11. The van der Waals surface area contributed by atoms with E-state index in [-0.39, 0.29) is 0 Å². The molecule has 7 heteroatoms. The smallest absolute Gasteiger partial charge is 0.200 e. The minimum atomic E-state index is -2.18. The van der Waals surface area contributed by atoms with E-state index >= 15 is 0 Å². The van der Waals surface area contributed by atoms with Crippen molar-refractivity contribution in [2.24, 2.45) is 0 Å². The molecule has 0 saturated heterocycles. The fourth-order valence-corrected chi connectivity index (χ4v) is 1.04. The van der Waals surface area contributed by atoms with Crippen LogP contribution in [0.15, 0.2) is 0 Å². The number of anilines is 1. The molecule has 0 aromatic heterocycles. The van der Waals surface area contributed by atoms with E-state index in [1.165, 1.54) is 0 Å². The molecule has 0 atom stereocenters. The third kappa shape index (κ3) is 1.48. The highest BCUT2D eigenvalue weighted by atomic mass is 79.9. The summed E-state index contributed by atoms with van der Waals surface area (Å²) in [6, 6.07) is 0. The van der Waals surface area contributed by atoms with Gasteiger partial charge >= 0.3 is 0 Å². The van der Waals surface area contributed by atoms with E-state index in [4.69, 9.17) is 0 Å². The van der Waals surface area contributed by atoms with Crippen molar-refractivity contribution in [1.29, 1.82) is 0 Å². The number of hydrogen-bond donors (Lipinski definition) is 1. The van der Waals surface area contributed by atoms with Crippen molar-refractivity contribution < 1.29 is 22.0 Å². The third-order valence-corrected chi connectivity index (χ3v) is 1.70. The van der Waals surface area contributed by atoms with Crippen molar-refractivity contribution in [3.8, 4) is 0 Å². The van der Waals surface area contributed by atoms with Crippen LogP contribution in [0.4, 0.5) is 27.6 Å². The van der Waals surface area contributed by atoms with Crippen LogP contribution in [0, 0.1) is 29.1 Å². The van der Waals surface area contributed by atoms with Gasteiger partial charge in [0.2, 0.25) is 5.82 Å². The van der Waals surface area contributed by atoms with Gasteiger partial charge in [0.1, 0.15) is 5.69 Å². The van der Waals surface area contributed by atoms with Crippen molar-refractivity contribution in [3.05, 3.63) is 29.1 Å². The molecule has 0 aliphatic heterocycles. The Bertz CT molecular complexity index is 324. The molecule has 0 heterocycles. The van der Waals surface area contributed by atoms with Gasteiger partial charge in [-0.15, -0.1) is 0 Å². The summed E-state index contributed by atoms with van der Waals surface area (Å²) < 4.78 is 64.0. The monoisotopic (exact) mass is 261 g/mol. The maximum absolute atomic E-state index is 12.6. The Balaban J connectivity index is 3.56. The van der Waals surface area contributed by atoms with E-state index in [9.17, 15) is 22.0 Å². The summed E-state index contributed by atoms with van der Waals surface area (Å²) in [4.78, 5) is 0. The molecular formula is C6HBrF5N. The predicted molar refractivity (Wildman–Crippen MR) is 38.8 cm³/mol. The topological polar surface area (TPSA) is 12.0 Å². The lowest BCUT2D eigenvalue weighted by Crippen LogP contribution is -2.04. The molecule has 0 fully saturated rings. The van der Waals surface area contributed by atoms with Gasteiger partial charge in [-0.2, -0.15) is 0 Å². The molecular weight excluding hydrogens is 261 g/mol. The molecule has 0 saturated carbocycles. The summed E-state index contributed by atoms with van der Waals surface area (Å²) in [6.07, 6.45) is 0. The second-order valence-corrected chi connectivity index (χ2v) is 2.44. The van der Waals surface area contributed by atoms with Gasteiger partial charge in [0.25, 0.3) is 0 Å². The van der Waals surface area contributed by atoms with Crippen molar-refractivity contribution in [2.75, 3.05) is 4.34 Å². The number of rotatable bonds is 1. The van der Waals surface area contributed by atoms with Crippen molar-refractivity contribution >= 4 is 21.8 Å². The van der Waals surface area contributed by atoms with Crippen LogP contribution in [0.2, 0.25) is 0 Å². The molecule has 1 N–H and O–H groups in total. The lowest BCUT2D eigenvalue weighted by Gasteiger charge is -2.05. The molecule has 0 amide bonds. The Morgan fingerprint density at radius 2 is 1.00 bits per heavy atom. The van der Waals surface area contributed by atoms with Crippen LogP contribution in [0.1, 0.15) is 0 Å². The van der Waals surface area contributed by atoms with Crippen LogP contribution in [-0.2, 0) is 0 Å². The second kappa shape index (κ2) is 3.49. The summed E-state index contributed by atoms with van der Waals surface area (Å²) in [7, 11) is 0. The lowest BCUT2D eigenvalue weighted by atomic mass is 10.2. The van der Waals surface area contributed by atoms with Gasteiger partial charge in [-0.25, -0.2) is 22.0 Å². The molecule has 0 radical (unpaired) electrons. The van der Waals surface area contributed by atoms with Gasteiger partial charge in [-0.05, 0) is 0 Å². The van der Waals surface area contributed by atoms with E-state index < -0.39 is 34.8 Å². The fraction of sp³-hybridized carbons (Fsp3) is 0. The highest BCUT2D eigenvalue weighted by Gasteiger charge is 2.24. The second-order valence-electron chi connectivity index (χ2n) is 2.04. The summed E-state index contributed by atoms with van der Waals surface area (Å²) in [5.74, 6) is -9.97. The lowest BCUT2D eigenvalue weighted by molar-refractivity contribution is 0.382. The van der Waals surface area contributed by atoms with E-state index in [2.05, 4.69) is 16.1 Å². The average Bonchev–Trinajstić information content (AvgIpc) is 2.13. The van der Waals surface area contributed by atoms with Gasteiger partial charge in [0, 0.05) is 16.1 Å². The summed E-state index contributed by atoms with van der Waals surface area (Å²) >= 11 is 2.37. The Morgan fingerprint density at radius 1 is 0.692 bits per heavy atom. The Kier molecular flexibility index (Phi) is 2.74. The number of hydrogen-bond acceptors (Lipinski definition) is 1. The van der Waals surface area contributed by atoms with Crippen molar-refractivity contribution in [3.63, 3.8) is 0 Å². The zero-order valence-electron chi connectivity index (χ0n) is 5.77. The van der Waals surface area contributed by atoms with Crippen LogP contribution in [0.5, 0.6) is 0 Å². The first kappa shape index (κ1) is 10.2. The quantitative estimate of drug-likeness (QED) is 0.355. The van der Waals surface area contributed by atoms with E-state index in [1.807, 2.05) is 0 Å². The van der Waals surface area contributed by atoms with Crippen LogP contribution in [0.25, 0.3) is 0 Å². The highest BCUT2D eigenvalue weighted by molar-refractivity contribution is 9.10. The third-order valence-electron chi connectivity index (χ3n) is 1.30. The summed E-state index contributed by atoms with van der Waals surface area (Å²) in [5.41, 5.74) is -1.11. The Morgan fingerprint density at radius 3 is 1.31 bits per heavy atom. The van der Waals surface area contributed by atoms with Crippen molar-refractivity contribution in [2.45, 2.75) is 0 Å². The van der Waals surface area contributed by atoms with Crippen molar-refractivity contribution in [1.82, 2.24) is 0 Å². The number of halogens is 6. The molecule has 1 aromatic carbocycles. The van der Waals surface area contributed by atoms with Gasteiger partial charge in [-0.3, -0.25) is 0 Å². The van der Waals surface area contributed by atoms with E-state index in [0.29, 0.717) is 0 Å². The van der Waals surface area contributed by atoms with Gasteiger partial charge in [0.05, 0.1) is 0 Å². The molecule has 0 bridgehead atoms. The highest BCUT2D eigenvalue weighted by Crippen LogP contribution is 2.27. The maximum Gasteiger partial charge on any atom is 0.200 e. The summed E-state index contributed by atoms with van der Waals surface area (Å²) in [6.45, 7) is 0. The molecule has 1 rings (SSSR count). The Hall–Kier alpha value is -0.850. The summed E-state index contributed by atoms with van der Waals surface area (Å²) in [5, 5.41) is 0. The zero-order chi connectivity index (χ0) is 10.2. The zero-order valence-corrected chi connectivity index (χ0v) is 7.35. The molecule has 0 aliphatic rings. The fourth-order valence-electron chi connectivity index (χ4n) is 0.688. The molecule has 1 nitrogen and oxygen atoms in total.